The molecule has 1 aliphatic carbocycles. The quantitative estimate of drug-likeness (QED) is 0.732. The van der Waals surface area contributed by atoms with Crippen LogP contribution in [-0.4, -0.2) is 34.4 Å². The summed E-state index contributed by atoms with van der Waals surface area (Å²) < 4.78 is 13.5. The number of rotatable bonds is 7. The molecular weight excluding hydrogens is 302 g/mol. The molecule has 0 saturated heterocycles. The van der Waals surface area contributed by atoms with Crippen molar-refractivity contribution < 1.29 is 9.26 Å². The molecular formula is C19H27N3O2. The Morgan fingerprint density at radius 1 is 1.29 bits per heavy atom. The van der Waals surface area contributed by atoms with Gasteiger partial charge in [-0.2, -0.15) is 0 Å². The average molecular weight is 329 g/mol. The van der Waals surface area contributed by atoms with Gasteiger partial charge in [-0.05, 0) is 50.2 Å². The van der Waals surface area contributed by atoms with Crippen LogP contribution >= 0.6 is 0 Å². The van der Waals surface area contributed by atoms with E-state index in [1.807, 2.05) is 13.0 Å². The van der Waals surface area contributed by atoms with Crippen LogP contribution in [0.5, 0.6) is 0 Å². The van der Waals surface area contributed by atoms with Crippen molar-refractivity contribution in [2.24, 2.45) is 11.8 Å². The third-order valence-corrected chi connectivity index (χ3v) is 5.06. The molecule has 1 fully saturated rings. The summed E-state index contributed by atoms with van der Waals surface area (Å²) in [5.74, 6) is 2.35. The number of ether oxygens (including phenoxy) is 1. The van der Waals surface area contributed by atoms with Crippen LogP contribution in [0.15, 0.2) is 28.9 Å². The van der Waals surface area contributed by atoms with Gasteiger partial charge >= 0.3 is 0 Å². The second kappa shape index (κ2) is 7.11. The van der Waals surface area contributed by atoms with Crippen LogP contribution in [0.2, 0.25) is 0 Å². The Bertz CT molecular complexity index is 659. The second-order valence-electron chi connectivity index (χ2n) is 7.42. The highest BCUT2D eigenvalue weighted by atomic mass is 16.5. The zero-order valence-corrected chi connectivity index (χ0v) is 14.5. The Morgan fingerprint density at radius 2 is 2.21 bits per heavy atom. The smallest absolute Gasteiger partial charge is 0.133 e. The minimum Gasteiger partial charge on any atom is -0.381 e. The van der Waals surface area contributed by atoms with Gasteiger partial charge in [-0.25, -0.2) is 0 Å². The maximum Gasteiger partial charge on any atom is 0.133 e. The highest BCUT2D eigenvalue weighted by molar-refractivity contribution is 5.10. The van der Waals surface area contributed by atoms with E-state index >= 15 is 0 Å². The van der Waals surface area contributed by atoms with Gasteiger partial charge in [0.05, 0.1) is 5.69 Å². The predicted molar refractivity (Wildman–Crippen MR) is 91.4 cm³/mol. The van der Waals surface area contributed by atoms with E-state index in [0.717, 1.165) is 63.2 Å². The average Bonchev–Trinajstić information content (AvgIpc) is 3.20. The van der Waals surface area contributed by atoms with Gasteiger partial charge in [0.2, 0.25) is 0 Å². The summed E-state index contributed by atoms with van der Waals surface area (Å²) in [4.78, 5) is 2.49. The second-order valence-corrected chi connectivity index (χ2v) is 7.42. The molecule has 0 bridgehead atoms. The van der Waals surface area contributed by atoms with E-state index in [9.17, 15) is 0 Å². The van der Waals surface area contributed by atoms with Crippen molar-refractivity contribution in [1.82, 2.24) is 14.6 Å². The van der Waals surface area contributed by atoms with E-state index in [2.05, 4.69) is 33.0 Å². The SMILES string of the molecule is Cc1cc(CN2Cc3cccn3CC(CCOCC3CC3)C2)no1. The fourth-order valence-electron chi connectivity index (χ4n) is 3.57. The van der Waals surface area contributed by atoms with Crippen molar-refractivity contribution in [1.29, 1.82) is 0 Å². The largest absolute Gasteiger partial charge is 0.381 e. The van der Waals surface area contributed by atoms with E-state index in [4.69, 9.17) is 9.26 Å². The number of hydrogen-bond donors (Lipinski definition) is 0. The molecule has 5 nitrogen and oxygen atoms in total. The number of nitrogens with zero attached hydrogens (tertiary/aromatic N) is 3. The van der Waals surface area contributed by atoms with Crippen molar-refractivity contribution in [3.63, 3.8) is 0 Å². The maximum atomic E-state index is 5.87. The highest BCUT2D eigenvalue weighted by Crippen LogP contribution is 2.29. The third kappa shape index (κ3) is 4.08. The Balaban J connectivity index is 1.37. The van der Waals surface area contributed by atoms with E-state index in [1.165, 1.54) is 18.5 Å². The van der Waals surface area contributed by atoms with Crippen LogP contribution in [0.25, 0.3) is 0 Å². The molecule has 0 amide bonds. The molecule has 0 N–H and O–H groups in total. The standard InChI is InChI=1S/C19H27N3O2/c1-15-9-18(20-24-15)12-21-10-17(6-8-23-14-16-4-5-16)11-22-7-2-3-19(22)13-21/h2-3,7,9,16-17H,4-6,8,10-14H2,1H3. The lowest BCUT2D eigenvalue weighted by Gasteiger charge is -2.23. The summed E-state index contributed by atoms with van der Waals surface area (Å²) in [6.45, 7) is 7.78. The molecule has 3 heterocycles. The molecule has 4 rings (SSSR count). The summed E-state index contributed by atoms with van der Waals surface area (Å²) in [6.07, 6.45) is 6.05. The fraction of sp³-hybridized carbons (Fsp3) is 0.632. The lowest BCUT2D eigenvalue weighted by atomic mass is 10.1. The first-order valence-corrected chi connectivity index (χ1v) is 9.12. The van der Waals surface area contributed by atoms with Crippen LogP contribution in [0.4, 0.5) is 0 Å². The highest BCUT2D eigenvalue weighted by Gasteiger charge is 2.24. The van der Waals surface area contributed by atoms with E-state index < -0.39 is 0 Å². The molecule has 1 unspecified atom stereocenters. The third-order valence-electron chi connectivity index (χ3n) is 5.06. The molecule has 0 aromatic carbocycles. The van der Waals surface area contributed by atoms with Gasteiger partial charge in [0.15, 0.2) is 0 Å². The van der Waals surface area contributed by atoms with Gasteiger partial charge in [-0.3, -0.25) is 4.90 Å². The number of aromatic nitrogens is 2. The first kappa shape index (κ1) is 15.9. The van der Waals surface area contributed by atoms with Crippen molar-refractivity contribution >= 4 is 0 Å². The maximum absolute atomic E-state index is 5.87. The van der Waals surface area contributed by atoms with E-state index in [-0.39, 0.29) is 0 Å². The molecule has 2 aromatic heterocycles. The van der Waals surface area contributed by atoms with Crippen molar-refractivity contribution in [2.45, 2.75) is 45.8 Å². The molecule has 24 heavy (non-hydrogen) atoms. The normalized spacial score (nSPS) is 21.6. The molecule has 0 spiro atoms. The summed E-state index contributed by atoms with van der Waals surface area (Å²) in [7, 11) is 0. The summed E-state index contributed by atoms with van der Waals surface area (Å²) in [5.41, 5.74) is 2.41. The first-order chi connectivity index (χ1) is 11.8. The van der Waals surface area contributed by atoms with E-state index in [0.29, 0.717) is 5.92 Å². The Hall–Kier alpha value is -1.59. The minimum atomic E-state index is 0.617. The molecule has 2 aromatic rings. The molecule has 0 radical (unpaired) electrons. The van der Waals surface area contributed by atoms with E-state index in [1.54, 1.807) is 0 Å². The van der Waals surface area contributed by atoms with Gasteiger partial charge in [-0.1, -0.05) is 5.16 Å². The zero-order valence-electron chi connectivity index (χ0n) is 14.5. The fourth-order valence-corrected chi connectivity index (χ4v) is 3.57. The number of aryl methyl sites for hydroxylation is 1. The van der Waals surface area contributed by atoms with Crippen LogP contribution in [0, 0.1) is 18.8 Å². The minimum absolute atomic E-state index is 0.617. The van der Waals surface area contributed by atoms with Crippen LogP contribution in [-0.2, 0) is 24.4 Å². The monoisotopic (exact) mass is 329 g/mol. The molecule has 1 atom stereocenters. The lowest BCUT2D eigenvalue weighted by molar-refractivity contribution is 0.101. The lowest BCUT2D eigenvalue weighted by Crippen LogP contribution is -2.28. The summed E-state index contributed by atoms with van der Waals surface area (Å²) in [6, 6.07) is 6.42. The van der Waals surface area contributed by atoms with Gasteiger partial charge in [0, 0.05) is 57.3 Å². The Morgan fingerprint density at radius 3 is 3.00 bits per heavy atom. The van der Waals surface area contributed by atoms with Gasteiger partial charge in [-0.15, -0.1) is 0 Å². The van der Waals surface area contributed by atoms with Gasteiger partial charge in [0.1, 0.15) is 5.76 Å². The number of hydrogen-bond acceptors (Lipinski definition) is 4. The molecule has 2 aliphatic rings. The van der Waals surface area contributed by atoms with Crippen molar-refractivity contribution in [2.75, 3.05) is 19.8 Å². The van der Waals surface area contributed by atoms with Gasteiger partial charge < -0.3 is 13.8 Å². The Kier molecular flexibility index (Phi) is 4.72. The molecule has 130 valence electrons. The first-order valence-electron chi connectivity index (χ1n) is 9.12. The van der Waals surface area contributed by atoms with Crippen molar-refractivity contribution in [3.05, 3.63) is 41.5 Å². The van der Waals surface area contributed by atoms with Crippen LogP contribution in [0.3, 0.4) is 0 Å². The zero-order chi connectivity index (χ0) is 16.4. The predicted octanol–water partition coefficient (Wildman–Crippen LogP) is 3.23. The van der Waals surface area contributed by atoms with Crippen LogP contribution < -0.4 is 0 Å². The Labute approximate surface area is 143 Å². The summed E-state index contributed by atoms with van der Waals surface area (Å²) in [5, 5.41) is 4.16. The topological polar surface area (TPSA) is 43.4 Å². The molecule has 1 aliphatic heterocycles. The molecule has 5 heteroatoms. The number of fused-ring (bicyclic) bond motifs is 1. The van der Waals surface area contributed by atoms with Gasteiger partial charge in [0.25, 0.3) is 0 Å². The summed E-state index contributed by atoms with van der Waals surface area (Å²) >= 11 is 0. The van der Waals surface area contributed by atoms with Crippen molar-refractivity contribution in [3.8, 4) is 0 Å². The molecule has 1 saturated carbocycles. The van der Waals surface area contributed by atoms with Crippen LogP contribution in [0.1, 0.15) is 36.4 Å².